The van der Waals surface area contributed by atoms with E-state index in [1.165, 1.54) is 5.56 Å². The number of halogens is 3. The summed E-state index contributed by atoms with van der Waals surface area (Å²) in [6, 6.07) is 19.5. The van der Waals surface area contributed by atoms with Crippen LogP contribution in [0.2, 0.25) is 0 Å². The maximum Gasteiger partial charge on any atom is 0.321 e. The van der Waals surface area contributed by atoms with E-state index in [4.69, 9.17) is 4.74 Å². The fourth-order valence-corrected chi connectivity index (χ4v) is 3.62. The molecule has 0 saturated carbocycles. The number of ether oxygens (including phenoxy) is 1. The Kier molecular flexibility index (Phi) is 12.2. The second kappa shape index (κ2) is 14.0. The third kappa shape index (κ3) is 8.49. The van der Waals surface area contributed by atoms with Crippen molar-refractivity contribution in [2.24, 2.45) is 0 Å². The Morgan fingerprint density at radius 3 is 2.36 bits per heavy atom. The Labute approximate surface area is 214 Å². The molecule has 10 heteroatoms. The molecule has 2 aromatic carbocycles. The molecule has 0 bridgehead atoms. The molecule has 1 aliphatic heterocycles. The van der Waals surface area contributed by atoms with Gasteiger partial charge in [0.25, 0.3) is 0 Å². The van der Waals surface area contributed by atoms with Crippen molar-refractivity contribution in [2.45, 2.75) is 6.54 Å². The van der Waals surface area contributed by atoms with Crippen molar-refractivity contribution < 1.29 is 15.0 Å². The van der Waals surface area contributed by atoms with E-state index in [-0.39, 0.29) is 36.3 Å². The summed E-state index contributed by atoms with van der Waals surface area (Å²) >= 11 is 3.43. The lowest BCUT2D eigenvalue weighted by atomic mass is 10.2. The molecule has 1 aliphatic rings. The lowest BCUT2D eigenvalue weighted by Crippen LogP contribution is -2.49. The van der Waals surface area contributed by atoms with Crippen LogP contribution in [-0.4, -0.2) is 52.5 Å². The molecule has 3 aromatic rings. The number of aromatic nitrogens is 1. The first-order chi connectivity index (χ1) is 14.7. The molecule has 1 aromatic heterocycles. The highest BCUT2D eigenvalue weighted by Gasteiger charge is 2.21. The van der Waals surface area contributed by atoms with E-state index in [9.17, 15) is 4.79 Å². The zero-order valence-electron chi connectivity index (χ0n) is 17.8. The normalized spacial score (nSPS) is 13.1. The zero-order chi connectivity index (χ0) is 20.8. The minimum absolute atomic E-state index is 0. The predicted octanol–water partition coefficient (Wildman–Crippen LogP) is 5.01. The number of hydrogen-bond donors (Lipinski definition) is 1. The number of piperazine rings is 1. The maximum atomic E-state index is 12.4. The van der Waals surface area contributed by atoms with Crippen LogP contribution < -0.4 is 10.1 Å². The number of benzene rings is 2. The van der Waals surface area contributed by atoms with Gasteiger partial charge in [0.05, 0.1) is 11.9 Å². The number of carbonyl (C=O) groups excluding carboxylic acids is 1. The SMILES string of the molecule is Cl.Cl.O.O=C(Nc1cccnc1)N1CCN(Cc2cccc(Oc3ccc(Br)cc3)c2)CC1. The number of nitrogens with zero attached hydrogens (tertiary/aromatic N) is 3. The highest BCUT2D eigenvalue weighted by Crippen LogP contribution is 2.24. The Morgan fingerprint density at radius 2 is 1.70 bits per heavy atom. The van der Waals surface area contributed by atoms with Gasteiger partial charge in [0, 0.05) is 43.4 Å². The van der Waals surface area contributed by atoms with Crippen LogP contribution in [-0.2, 0) is 6.54 Å². The summed E-state index contributed by atoms with van der Waals surface area (Å²) in [5.41, 5.74) is 1.91. The molecular formula is C23H27BrCl2N4O3. The smallest absolute Gasteiger partial charge is 0.321 e. The lowest BCUT2D eigenvalue weighted by Gasteiger charge is -2.34. The van der Waals surface area contributed by atoms with Gasteiger partial charge in [0.1, 0.15) is 11.5 Å². The van der Waals surface area contributed by atoms with Crippen LogP contribution in [0.5, 0.6) is 11.5 Å². The molecule has 2 amide bonds. The van der Waals surface area contributed by atoms with Crippen molar-refractivity contribution >= 4 is 52.5 Å². The van der Waals surface area contributed by atoms with E-state index in [0.717, 1.165) is 35.6 Å². The molecule has 4 rings (SSSR count). The van der Waals surface area contributed by atoms with Crippen LogP contribution in [0.15, 0.2) is 77.5 Å². The van der Waals surface area contributed by atoms with Crippen molar-refractivity contribution in [3.8, 4) is 11.5 Å². The van der Waals surface area contributed by atoms with Gasteiger partial charge in [-0.1, -0.05) is 28.1 Å². The largest absolute Gasteiger partial charge is 0.457 e. The van der Waals surface area contributed by atoms with Crippen LogP contribution in [0.3, 0.4) is 0 Å². The number of pyridine rings is 1. The minimum Gasteiger partial charge on any atom is -0.457 e. The first-order valence-electron chi connectivity index (χ1n) is 9.86. The number of hydrogen-bond acceptors (Lipinski definition) is 4. The summed E-state index contributed by atoms with van der Waals surface area (Å²) < 4.78 is 6.99. The molecule has 1 saturated heterocycles. The van der Waals surface area contributed by atoms with Crippen molar-refractivity contribution in [2.75, 3.05) is 31.5 Å². The highest BCUT2D eigenvalue weighted by atomic mass is 79.9. The fourth-order valence-electron chi connectivity index (χ4n) is 3.35. The molecule has 1 fully saturated rings. The molecule has 33 heavy (non-hydrogen) atoms. The monoisotopic (exact) mass is 556 g/mol. The number of carbonyl (C=O) groups is 1. The molecule has 3 N–H and O–H groups in total. The van der Waals surface area contributed by atoms with E-state index in [2.05, 4.69) is 43.3 Å². The van der Waals surface area contributed by atoms with E-state index in [0.29, 0.717) is 18.8 Å². The molecule has 0 spiro atoms. The molecular weight excluding hydrogens is 531 g/mol. The van der Waals surface area contributed by atoms with Gasteiger partial charge < -0.3 is 20.4 Å². The van der Waals surface area contributed by atoms with Crippen LogP contribution in [0, 0.1) is 0 Å². The van der Waals surface area contributed by atoms with E-state index in [1.54, 1.807) is 12.4 Å². The Hall–Kier alpha value is -2.36. The summed E-state index contributed by atoms with van der Waals surface area (Å²) in [6.07, 6.45) is 3.34. The third-order valence-electron chi connectivity index (χ3n) is 4.93. The Bertz CT molecular complexity index is 989. The van der Waals surface area contributed by atoms with Gasteiger partial charge in [-0.2, -0.15) is 0 Å². The zero-order valence-corrected chi connectivity index (χ0v) is 21.0. The molecule has 0 aliphatic carbocycles. The molecule has 0 atom stereocenters. The second-order valence-corrected chi connectivity index (χ2v) is 8.05. The fraction of sp³-hybridized carbons (Fsp3) is 0.217. The summed E-state index contributed by atoms with van der Waals surface area (Å²) in [6.45, 7) is 3.88. The van der Waals surface area contributed by atoms with Crippen molar-refractivity contribution in [1.82, 2.24) is 14.8 Å². The number of nitrogens with one attached hydrogen (secondary N) is 1. The summed E-state index contributed by atoms with van der Waals surface area (Å²) in [5.74, 6) is 1.63. The van der Waals surface area contributed by atoms with Crippen LogP contribution in [0.25, 0.3) is 0 Å². The molecule has 178 valence electrons. The van der Waals surface area contributed by atoms with Crippen molar-refractivity contribution in [1.29, 1.82) is 0 Å². The highest BCUT2D eigenvalue weighted by molar-refractivity contribution is 9.10. The van der Waals surface area contributed by atoms with E-state index < -0.39 is 0 Å². The number of rotatable bonds is 5. The Morgan fingerprint density at radius 1 is 0.970 bits per heavy atom. The minimum atomic E-state index is -0.0763. The molecule has 0 radical (unpaired) electrons. The van der Waals surface area contributed by atoms with Gasteiger partial charge in [-0.15, -0.1) is 24.8 Å². The van der Waals surface area contributed by atoms with Crippen LogP contribution in [0.1, 0.15) is 5.56 Å². The second-order valence-electron chi connectivity index (χ2n) is 7.14. The summed E-state index contributed by atoms with van der Waals surface area (Å²) in [4.78, 5) is 20.6. The molecule has 0 unspecified atom stereocenters. The number of anilines is 1. The first kappa shape index (κ1) is 28.7. The Balaban J connectivity index is 0.00000181. The van der Waals surface area contributed by atoms with Gasteiger partial charge in [-0.3, -0.25) is 9.88 Å². The maximum absolute atomic E-state index is 12.4. The van der Waals surface area contributed by atoms with E-state index in [1.807, 2.05) is 53.4 Å². The predicted molar refractivity (Wildman–Crippen MR) is 139 cm³/mol. The number of amides is 2. The lowest BCUT2D eigenvalue weighted by molar-refractivity contribution is 0.143. The van der Waals surface area contributed by atoms with Crippen molar-refractivity contribution in [3.05, 3.63) is 83.1 Å². The van der Waals surface area contributed by atoms with Gasteiger partial charge in [0.15, 0.2) is 0 Å². The topological polar surface area (TPSA) is 89.2 Å². The van der Waals surface area contributed by atoms with Gasteiger partial charge in [0.2, 0.25) is 0 Å². The molecule has 7 nitrogen and oxygen atoms in total. The van der Waals surface area contributed by atoms with Gasteiger partial charge in [-0.05, 0) is 54.1 Å². The quantitative estimate of drug-likeness (QED) is 0.477. The average molecular weight is 558 g/mol. The van der Waals surface area contributed by atoms with Gasteiger partial charge in [-0.25, -0.2) is 4.79 Å². The first-order valence-corrected chi connectivity index (χ1v) is 10.7. The van der Waals surface area contributed by atoms with Crippen molar-refractivity contribution in [3.63, 3.8) is 0 Å². The standard InChI is InChI=1S/C23H23BrN4O2.2ClH.H2O/c24-19-6-8-21(9-7-19)30-22-5-1-3-18(15-22)17-27-11-13-28(14-12-27)23(29)26-20-4-2-10-25-16-20;;;/h1-10,15-16H,11-14,17H2,(H,26,29);2*1H;1H2. The summed E-state index contributed by atoms with van der Waals surface area (Å²) in [5, 5.41) is 2.90. The number of urea groups is 1. The van der Waals surface area contributed by atoms with E-state index >= 15 is 0 Å². The molecule has 2 heterocycles. The summed E-state index contributed by atoms with van der Waals surface area (Å²) in [7, 11) is 0. The third-order valence-corrected chi connectivity index (χ3v) is 5.45. The van der Waals surface area contributed by atoms with Crippen LogP contribution >= 0.6 is 40.7 Å². The average Bonchev–Trinajstić information content (AvgIpc) is 2.77. The van der Waals surface area contributed by atoms with Gasteiger partial charge >= 0.3 is 6.03 Å². The van der Waals surface area contributed by atoms with Crippen LogP contribution in [0.4, 0.5) is 10.5 Å².